The molecule has 2 aromatic carbocycles. The zero-order chi connectivity index (χ0) is 21.8. The van der Waals surface area contributed by atoms with Crippen LogP contribution in [0.2, 0.25) is 10.0 Å². The molecule has 0 amide bonds. The second kappa shape index (κ2) is 14.2. The van der Waals surface area contributed by atoms with Gasteiger partial charge in [-0.1, -0.05) is 68.3 Å². The number of hydrogen-bond donors (Lipinski definition) is 1. The Morgan fingerprint density at radius 1 is 0.867 bits per heavy atom. The minimum Gasteiger partial charge on any atom is -0.490 e. The van der Waals surface area contributed by atoms with E-state index >= 15 is 0 Å². The van der Waals surface area contributed by atoms with E-state index < -0.39 is 0 Å². The lowest BCUT2D eigenvalue weighted by Gasteiger charge is -2.16. The molecule has 166 valence electrons. The highest BCUT2D eigenvalue weighted by atomic mass is 79.9. The van der Waals surface area contributed by atoms with Gasteiger partial charge in [0.05, 0.1) is 21.1 Å². The summed E-state index contributed by atoms with van der Waals surface area (Å²) in [6.45, 7) is 7.01. The summed E-state index contributed by atoms with van der Waals surface area (Å²) in [5, 5.41) is 4.59. The Hall–Kier alpha value is -0.940. The van der Waals surface area contributed by atoms with E-state index in [2.05, 4.69) is 34.2 Å². The average Bonchev–Trinajstić information content (AvgIpc) is 2.72. The molecule has 0 fully saturated rings. The van der Waals surface area contributed by atoms with Crippen LogP contribution in [0.4, 0.5) is 0 Å². The topological polar surface area (TPSA) is 30.5 Å². The van der Waals surface area contributed by atoms with E-state index in [0.29, 0.717) is 29.0 Å². The first-order valence-electron chi connectivity index (χ1n) is 10.8. The summed E-state index contributed by atoms with van der Waals surface area (Å²) in [6.07, 6.45) is 7.84. The zero-order valence-electron chi connectivity index (χ0n) is 17.9. The van der Waals surface area contributed by atoms with Gasteiger partial charge in [0.1, 0.15) is 6.61 Å². The number of nitrogens with one attached hydrogen (secondary N) is 1. The lowest BCUT2D eigenvalue weighted by atomic mass is 10.1. The van der Waals surface area contributed by atoms with E-state index in [4.69, 9.17) is 32.7 Å². The van der Waals surface area contributed by atoms with Crippen molar-refractivity contribution in [3.63, 3.8) is 0 Å². The maximum Gasteiger partial charge on any atom is 0.175 e. The van der Waals surface area contributed by atoms with Crippen LogP contribution in [0.15, 0.2) is 34.8 Å². The molecular formula is C24H32BrCl2NO2. The third kappa shape index (κ3) is 8.66. The van der Waals surface area contributed by atoms with E-state index in [0.717, 1.165) is 34.4 Å². The van der Waals surface area contributed by atoms with Gasteiger partial charge in [-0.05, 0) is 71.2 Å². The Morgan fingerprint density at radius 3 is 2.37 bits per heavy atom. The lowest BCUT2D eigenvalue weighted by Crippen LogP contribution is -2.15. The highest BCUT2D eigenvalue weighted by Gasteiger charge is 2.13. The molecule has 2 aromatic rings. The van der Waals surface area contributed by atoms with Crippen molar-refractivity contribution in [2.24, 2.45) is 0 Å². The van der Waals surface area contributed by atoms with Crippen LogP contribution in [0.3, 0.4) is 0 Å². The molecule has 1 N–H and O–H groups in total. The molecule has 0 atom stereocenters. The van der Waals surface area contributed by atoms with Crippen LogP contribution in [0, 0.1) is 0 Å². The number of hydrogen-bond acceptors (Lipinski definition) is 3. The quantitative estimate of drug-likeness (QED) is 0.257. The van der Waals surface area contributed by atoms with Gasteiger partial charge in [-0.3, -0.25) is 0 Å². The summed E-state index contributed by atoms with van der Waals surface area (Å²) in [6, 6.07) is 9.63. The van der Waals surface area contributed by atoms with Crippen molar-refractivity contribution < 1.29 is 9.47 Å². The molecule has 0 unspecified atom stereocenters. The molecule has 0 aromatic heterocycles. The maximum atomic E-state index is 6.10. The van der Waals surface area contributed by atoms with Crippen LogP contribution < -0.4 is 14.8 Å². The predicted octanol–water partition coefficient (Wildman–Crippen LogP) is 8.18. The first-order valence-corrected chi connectivity index (χ1v) is 12.3. The SMILES string of the molecule is CCCCCCCCNCc1cc(Br)c(OCc2ccc(Cl)c(Cl)c2)c(OCC)c1. The number of halogens is 3. The third-order valence-electron chi connectivity index (χ3n) is 4.77. The van der Waals surface area contributed by atoms with E-state index in [9.17, 15) is 0 Å². The Bertz CT molecular complexity index is 786. The van der Waals surface area contributed by atoms with Crippen LogP contribution in [0.5, 0.6) is 11.5 Å². The van der Waals surface area contributed by atoms with Crippen molar-refractivity contribution in [2.45, 2.75) is 65.5 Å². The molecule has 0 saturated carbocycles. The first-order chi connectivity index (χ1) is 14.5. The van der Waals surface area contributed by atoms with E-state index in [-0.39, 0.29) is 0 Å². The fraction of sp³-hybridized carbons (Fsp3) is 0.500. The molecular weight excluding hydrogens is 485 g/mol. The van der Waals surface area contributed by atoms with Crippen molar-refractivity contribution in [3.8, 4) is 11.5 Å². The summed E-state index contributed by atoms with van der Waals surface area (Å²) in [7, 11) is 0. The second-order valence-corrected chi connectivity index (χ2v) is 8.99. The molecule has 0 aliphatic heterocycles. The molecule has 0 spiro atoms. The van der Waals surface area contributed by atoms with E-state index in [1.807, 2.05) is 25.1 Å². The molecule has 0 radical (unpaired) electrons. The number of benzene rings is 2. The number of unbranched alkanes of at least 4 members (excludes halogenated alkanes) is 5. The van der Waals surface area contributed by atoms with Crippen molar-refractivity contribution in [2.75, 3.05) is 13.2 Å². The fourth-order valence-corrected chi connectivity index (χ4v) is 4.10. The van der Waals surface area contributed by atoms with Gasteiger partial charge in [0, 0.05) is 6.54 Å². The Kier molecular flexibility index (Phi) is 12.0. The molecule has 0 bridgehead atoms. The van der Waals surface area contributed by atoms with Gasteiger partial charge in [-0.2, -0.15) is 0 Å². The highest BCUT2D eigenvalue weighted by Crippen LogP contribution is 2.37. The van der Waals surface area contributed by atoms with E-state index in [1.165, 1.54) is 38.5 Å². The highest BCUT2D eigenvalue weighted by molar-refractivity contribution is 9.10. The summed E-state index contributed by atoms with van der Waals surface area (Å²) < 4.78 is 12.8. The minimum atomic E-state index is 0.380. The van der Waals surface area contributed by atoms with Gasteiger partial charge >= 0.3 is 0 Å². The fourth-order valence-electron chi connectivity index (χ4n) is 3.17. The molecule has 2 rings (SSSR count). The monoisotopic (exact) mass is 515 g/mol. The summed E-state index contributed by atoms with van der Waals surface area (Å²) in [5.41, 5.74) is 2.11. The summed E-state index contributed by atoms with van der Waals surface area (Å²) >= 11 is 15.7. The Morgan fingerprint density at radius 2 is 1.63 bits per heavy atom. The predicted molar refractivity (Wildman–Crippen MR) is 131 cm³/mol. The number of ether oxygens (including phenoxy) is 2. The number of rotatable bonds is 14. The summed E-state index contributed by atoms with van der Waals surface area (Å²) in [5.74, 6) is 1.44. The van der Waals surface area contributed by atoms with Crippen LogP contribution >= 0.6 is 39.1 Å². The third-order valence-corrected chi connectivity index (χ3v) is 6.10. The van der Waals surface area contributed by atoms with Gasteiger partial charge in [0.25, 0.3) is 0 Å². The molecule has 6 heteroatoms. The van der Waals surface area contributed by atoms with Crippen LogP contribution in [0.25, 0.3) is 0 Å². The molecule has 0 aliphatic rings. The standard InChI is InChI=1S/C24H32BrCl2NO2/c1-3-5-6-7-8-9-12-28-16-19-13-20(25)24(23(15-19)29-4-2)30-17-18-10-11-21(26)22(27)14-18/h10-11,13-15,28H,3-9,12,16-17H2,1-2H3. The van der Waals surface area contributed by atoms with Crippen LogP contribution in [-0.4, -0.2) is 13.2 Å². The summed E-state index contributed by atoms with van der Waals surface area (Å²) in [4.78, 5) is 0. The lowest BCUT2D eigenvalue weighted by molar-refractivity contribution is 0.267. The van der Waals surface area contributed by atoms with Crippen molar-refractivity contribution >= 4 is 39.1 Å². The van der Waals surface area contributed by atoms with Gasteiger partial charge in [0.15, 0.2) is 11.5 Å². The van der Waals surface area contributed by atoms with Crippen LogP contribution in [0.1, 0.15) is 63.5 Å². The molecule has 3 nitrogen and oxygen atoms in total. The van der Waals surface area contributed by atoms with Gasteiger partial charge in [-0.25, -0.2) is 0 Å². The minimum absolute atomic E-state index is 0.380. The molecule has 30 heavy (non-hydrogen) atoms. The smallest absolute Gasteiger partial charge is 0.175 e. The first kappa shape index (κ1) is 25.3. The normalized spacial score (nSPS) is 11.0. The molecule has 0 saturated heterocycles. The molecule has 0 heterocycles. The largest absolute Gasteiger partial charge is 0.490 e. The van der Waals surface area contributed by atoms with Crippen molar-refractivity contribution in [1.29, 1.82) is 0 Å². The molecule has 0 aliphatic carbocycles. The van der Waals surface area contributed by atoms with Crippen molar-refractivity contribution in [1.82, 2.24) is 5.32 Å². The average molecular weight is 517 g/mol. The Labute approximate surface area is 199 Å². The van der Waals surface area contributed by atoms with Gasteiger partial charge in [0.2, 0.25) is 0 Å². The van der Waals surface area contributed by atoms with E-state index in [1.54, 1.807) is 6.07 Å². The van der Waals surface area contributed by atoms with Crippen LogP contribution in [-0.2, 0) is 13.2 Å². The van der Waals surface area contributed by atoms with Gasteiger partial charge < -0.3 is 14.8 Å². The van der Waals surface area contributed by atoms with Crippen molar-refractivity contribution in [3.05, 3.63) is 56.0 Å². The maximum absolute atomic E-state index is 6.10. The zero-order valence-corrected chi connectivity index (χ0v) is 21.0. The van der Waals surface area contributed by atoms with Gasteiger partial charge in [-0.15, -0.1) is 0 Å². The Balaban J connectivity index is 1.91. The second-order valence-electron chi connectivity index (χ2n) is 7.32.